The van der Waals surface area contributed by atoms with Crippen LogP contribution in [0, 0.1) is 0 Å². The summed E-state index contributed by atoms with van der Waals surface area (Å²) in [6.07, 6.45) is 5.86. The lowest BCUT2D eigenvalue weighted by Crippen LogP contribution is -2.50. The highest BCUT2D eigenvalue weighted by Crippen LogP contribution is 2.39. The Hall–Kier alpha value is -2.70. The number of aromatic amines is 1. The minimum Gasteiger partial charge on any atom is -0.358 e. The minimum atomic E-state index is 0.274. The van der Waals surface area contributed by atoms with Crippen molar-refractivity contribution in [1.82, 2.24) is 24.7 Å². The standard InChI is InChI=1S/C25H31N5O/c1-28-13-15-29(16-14-28)18-23(31)30-12-4-5-20(17-30)25-24(19-8-10-26-11-9-19)21-6-2-3-7-22(21)27-25/h2-3,6-11,20,27H,4-5,12-18H2,1H3. The van der Waals surface area contributed by atoms with Crippen LogP contribution < -0.4 is 0 Å². The van der Waals surface area contributed by atoms with Crippen molar-refractivity contribution in [3.05, 3.63) is 54.5 Å². The number of fused-ring (bicyclic) bond motifs is 1. The number of H-pyrrole nitrogens is 1. The van der Waals surface area contributed by atoms with Crippen molar-refractivity contribution in [3.8, 4) is 11.1 Å². The van der Waals surface area contributed by atoms with Crippen molar-refractivity contribution in [2.45, 2.75) is 18.8 Å². The number of likely N-dealkylation sites (tertiary alicyclic amines) is 1. The molecule has 162 valence electrons. The van der Waals surface area contributed by atoms with Crippen LogP contribution in [-0.4, -0.2) is 83.4 Å². The molecule has 2 aromatic heterocycles. The maximum Gasteiger partial charge on any atom is 0.236 e. The molecule has 1 aromatic carbocycles. The van der Waals surface area contributed by atoms with Crippen molar-refractivity contribution in [3.63, 3.8) is 0 Å². The van der Waals surface area contributed by atoms with Gasteiger partial charge in [0.25, 0.3) is 0 Å². The van der Waals surface area contributed by atoms with Crippen LogP contribution in [0.3, 0.4) is 0 Å². The summed E-state index contributed by atoms with van der Waals surface area (Å²) < 4.78 is 0. The van der Waals surface area contributed by atoms with Gasteiger partial charge in [0.2, 0.25) is 5.91 Å². The Labute approximate surface area is 183 Å². The average molecular weight is 418 g/mol. The number of piperazine rings is 1. The minimum absolute atomic E-state index is 0.274. The molecule has 1 amide bonds. The van der Waals surface area contributed by atoms with Gasteiger partial charge >= 0.3 is 0 Å². The lowest BCUT2D eigenvalue weighted by atomic mass is 9.89. The number of rotatable bonds is 4. The lowest BCUT2D eigenvalue weighted by Gasteiger charge is -2.36. The highest BCUT2D eigenvalue weighted by molar-refractivity contribution is 5.97. The smallest absolute Gasteiger partial charge is 0.236 e. The van der Waals surface area contributed by atoms with Gasteiger partial charge < -0.3 is 14.8 Å². The molecule has 0 spiro atoms. The zero-order valence-electron chi connectivity index (χ0n) is 18.3. The lowest BCUT2D eigenvalue weighted by molar-refractivity contribution is -0.134. The fourth-order valence-corrected chi connectivity index (χ4v) is 5.04. The fourth-order valence-electron chi connectivity index (χ4n) is 5.04. The number of carbonyl (C=O) groups excluding carboxylic acids is 1. The Bertz CT molecular complexity index is 1040. The second-order valence-corrected chi connectivity index (χ2v) is 8.95. The third-order valence-electron chi connectivity index (χ3n) is 6.84. The fraction of sp³-hybridized carbons (Fsp3) is 0.440. The van der Waals surface area contributed by atoms with Crippen LogP contribution in [0.5, 0.6) is 0 Å². The molecule has 0 saturated carbocycles. The highest BCUT2D eigenvalue weighted by atomic mass is 16.2. The van der Waals surface area contributed by atoms with E-state index in [1.54, 1.807) is 0 Å². The van der Waals surface area contributed by atoms with Crippen molar-refractivity contribution < 1.29 is 4.79 Å². The molecule has 2 fully saturated rings. The molecule has 1 atom stereocenters. The van der Waals surface area contributed by atoms with Crippen LogP contribution in [0.25, 0.3) is 22.0 Å². The zero-order chi connectivity index (χ0) is 21.2. The monoisotopic (exact) mass is 417 g/mol. The van der Waals surface area contributed by atoms with Crippen LogP contribution in [0.1, 0.15) is 24.5 Å². The molecule has 5 rings (SSSR count). The quantitative estimate of drug-likeness (QED) is 0.708. The van der Waals surface area contributed by atoms with E-state index >= 15 is 0 Å². The average Bonchev–Trinajstić information content (AvgIpc) is 3.21. The molecule has 0 bridgehead atoms. The molecule has 2 aliphatic rings. The van der Waals surface area contributed by atoms with Crippen molar-refractivity contribution in [2.24, 2.45) is 0 Å². The Morgan fingerprint density at radius 2 is 1.84 bits per heavy atom. The van der Waals surface area contributed by atoms with Crippen molar-refractivity contribution in [2.75, 3.05) is 52.9 Å². The van der Waals surface area contributed by atoms with Gasteiger partial charge in [-0.15, -0.1) is 0 Å². The Kier molecular flexibility index (Phi) is 5.74. The molecule has 0 radical (unpaired) electrons. The van der Waals surface area contributed by atoms with E-state index in [1.807, 2.05) is 12.4 Å². The predicted octanol–water partition coefficient (Wildman–Crippen LogP) is 3.18. The molecule has 4 heterocycles. The molecule has 6 heteroatoms. The summed E-state index contributed by atoms with van der Waals surface area (Å²) in [5.41, 5.74) is 4.86. The molecule has 6 nitrogen and oxygen atoms in total. The largest absolute Gasteiger partial charge is 0.358 e. The highest BCUT2D eigenvalue weighted by Gasteiger charge is 2.29. The number of hydrogen-bond acceptors (Lipinski definition) is 4. The number of nitrogens with zero attached hydrogens (tertiary/aromatic N) is 4. The number of para-hydroxylation sites is 1. The zero-order valence-corrected chi connectivity index (χ0v) is 18.3. The van der Waals surface area contributed by atoms with Gasteiger partial charge in [-0.25, -0.2) is 0 Å². The molecule has 2 aliphatic heterocycles. The molecule has 0 aliphatic carbocycles. The normalized spacial score (nSPS) is 20.9. The van der Waals surface area contributed by atoms with Gasteiger partial charge in [-0.2, -0.15) is 0 Å². The van der Waals surface area contributed by atoms with Crippen LogP contribution >= 0.6 is 0 Å². The Morgan fingerprint density at radius 3 is 2.65 bits per heavy atom. The second-order valence-electron chi connectivity index (χ2n) is 8.95. The molecular formula is C25H31N5O. The number of carbonyl (C=O) groups is 1. The number of piperidine rings is 1. The van der Waals surface area contributed by atoms with E-state index in [4.69, 9.17) is 0 Å². The first-order valence-corrected chi connectivity index (χ1v) is 11.4. The van der Waals surface area contributed by atoms with Gasteiger partial charge in [-0.05, 0) is 43.7 Å². The Balaban J connectivity index is 1.38. The van der Waals surface area contributed by atoms with Crippen LogP contribution in [0.2, 0.25) is 0 Å². The van der Waals surface area contributed by atoms with Gasteiger partial charge in [0.15, 0.2) is 0 Å². The number of pyridine rings is 1. The predicted molar refractivity (Wildman–Crippen MR) is 124 cm³/mol. The van der Waals surface area contributed by atoms with Crippen molar-refractivity contribution >= 4 is 16.8 Å². The van der Waals surface area contributed by atoms with Crippen LogP contribution in [0.15, 0.2) is 48.8 Å². The van der Waals surface area contributed by atoms with E-state index in [-0.39, 0.29) is 5.91 Å². The maximum atomic E-state index is 13.1. The van der Waals surface area contributed by atoms with Gasteiger partial charge in [0.1, 0.15) is 0 Å². The van der Waals surface area contributed by atoms with Crippen molar-refractivity contribution in [1.29, 1.82) is 0 Å². The SMILES string of the molecule is CN1CCN(CC(=O)N2CCCC(c3[nH]c4ccccc4c3-c3ccncc3)C2)CC1. The first kappa shape index (κ1) is 20.2. The number of amides is 1. The summed E-state index contributed by atoms with van der Waals surface area (Å²) in [6.45, 7) is 6.25. The van der Waals surface area contributed by atoms with E-state index in [0.29, 0.717) is 12.5 Å². The van der Waals surface area contributed by atoms with E-state index in [1.165, 1.54) is 22.2 Å². The summed E-state index contributed by atoms with van der Waals surface area (Å²) in [7, 11) is 2.15. The summed E-state index contributed by atoms with van der Waals surface area (Å²) in [6, 6.07) is 12.7. The first-order chi connectivity index (χ1) is 15.2. The molecule has 1 unspecified atom stereocenters. The summed E-state index contributed by atoms with van der Waals surface area (Å²) in [5, 5.41) is 1.24. The van der Waals surface area contributed by atoms with Crippen LogP contribution in [0.4, 0.5) is 0 Å². The number of aromatic nitrogens is 2. The molecular weight excluding hydrogens is 386 g/mol. The van der Waals surface area contributed by atoms with Gasteiger partial charge in [0, 0.05) is 79.7 Å². The Morgan fingerprint density at radius 1 is 1.06 bits per heavy atom. The first-order valence-electron chi connectivity index (χ1n) is 11.4. The molecule has 1 N–H and O–H groups in total. The van der Waals surface area contributed by atoms with Gasteiger partial charge in [-0.1, -0.05) is 18.2 Å². The van der Waals surface area contributed by atoms with E-state index in [0.717, 1.165) is 57.6 Å². The maximum absolute atomic E-state index is 13.1. The summed E-state index contributed by atoms with van der Waals surface area (Å²) in [5.74, 6) is 0.594. The van der Waals surface area contributed by atoms with Gasteiger partial charge in [-0.3, -0.25) is 14.7 Å². The molecule has 2 saturated heterocycles. The summed E-state index contributed by atoms with van der Waals surface area (Å²) in [4.78, 5) is 27.7. The van der Waals surface area contributed by atoms with Crippen LogP contribution in [-0.2, 0) is 4.79 Å². The van der Waals surface area contributed by atoms with E-state index < -0.39 is 0 Å². The van der Waals surface area contributed by atoms with Gasteiger partial charge in [0.05, 0.1) is 6.54 Å². The topological polar surface area (TPSA) is 55.5 Å². The number of nitrogens with one attached hydrogen (secondary N) is 1. The molecule has 3 aromatic rings. The molecule has 31 heavy (non-hydrogen) atoms. The van der Waals surface area contributed by atoms with E-state index in [9.17, 15) is 4.79 Å². The number of hydrogen-bond donors (Lipinski definition) is 1. The van der Waals surface area contributed by atoms with E-state index in [2.05, 4.69) is 68.1 Å². The second kappa shape index (κ2) is 8.81. The number of likely N-dealkylation sites (N-methyl/N-ethyl adjacent to an activating group) is 1. The third-order valence-corrected chi connectivity index (χ3v) is 6.84. The number of benzene rings is 1. The summed E-state index contributed by atoms with van der Waals surface area (Å²) >= 11 is 0. The third kappa shape index (κ3) is 4.23.